The molecule has 46 heavy (non-hydrogen) atoms. The van der Waals surface area contributed by atoms with Gasteiger partial charge in [0.25, 0.3) is 0 Å². The third-order valence-electron chi connectivity index (χ3n) is 8.46. The number of hydrogen-bond acceptors (Lipinski definition) is 11. The number of thiazole rings is 1. The van der Waals surface area contributed by atoms with E-state index in [2.05, 4.69) is 35.1 Å². The number of nitrogens with zero attached hydrogens (tertiary/aromatic N) is 7. The summed E-state index contributed by atoms with van der Waals surface area (Å²) in [6, 6.07) is 2.58. The van der Waals surface area contributed by atoms with Crippen LogP contribution >= 0.6 is 11.3 Å². The van der Waals surface area contributed by atoms with Crippen molar-refractivity contribution in [3.8, 4) is 17.3 Å². The molecule has 3 aromatic heterocycles. The molecular formula is C31H33F3N8O3S. The smallest absolute Gasteiger partial charge is 0.413 e. The normalized spacial score (nSPS) is 21.7. The van der Waals surface area contributed by atoms with E-state index in [0.717, 1.165) is 30.7 Å². The van der Waals surface area contributed by atoms with Crippen LogP contribution in [0.15, 0.2) is 23.3 Å². The minimum atomic E-state index is -0.922. The molecule has 242 valence electrons. The first kappa shape index (κ1) is 30.5. The molecular weight excluding hydrogens is 621 g/mol. The number of aliphatic imine (C=N–C) groups is 1. The highest BCUT2D eigenvalue weighted by Gasteiger charge is 2.49. The molecule has 0 bridgehead atoms. The molecule has 1 amide bonds. The monoisotopic (exact) mass is 654 g/mol. The molecule has 7 rings (SSSR count). The van der Waals surface area contributed by atoms with Gasteiger partial charge in [0, 0.05) is 37.5 Å². The molecule has 3 aliphatic rings. The van der Waals surface area contributed by atoms with Gasteiger partial charge >= 0.3 is 12.1 Å². The molecule has 0 spiro atoms. The van der Waals surface area contributed by atoms with Gasteiger partial charge in [0.1, 0.15) is 41.2 Å². The quantitative estimate of drug-likeness (QED) is 0.276. The number of aromatic nitrogens is 4. The van der Waals surface area contributed by atoms with Gasteiger partial charge in [0.2, 0.25) is 0 Å². The van der Waals surface area contributed by atoms with Crippen LogP contribution in [-0.2, 0) is 4.74 Å². The number of halogens is 3. The van der Waals surface area contributed by atoms with Crippen LogP contribution in [0.5, 0.6) is 6.01 Å². The number of anilines is 2. The van der Waals surface area contributed by atoms with Gasteiger partial charge < -0.3 is 14.4 Å². The highest BCUT2D eigenvalue weighted by atomic mass is 32.1. The third-order valence-corrected chi connectivity index (χ3v) is 9.44. The lowest BCUT2D eigenvalue weighted by molar-refractivity contribution is 0.0636. The van der Waals surface area contributed by atoms with E-state index in [9.17, 15) is 13.6 Å². The summed E-state index contributed by atoms with van der Waals surface area (Å²) in [6.45, 7) is 8.09. The van der Waals surface area contributed by atoms with Gasteiger partial charge in [-0.25, -0.2) is 22.9 Å². The molecule has 11 nitrogen and oxygen atoms in total. The number of carbonyl (C=O) groups is 1. The van der Waals surface area contributed by atoms with Crippen molar-refractivity contribution in [1.29, 1.82) is 0 Å². The molecule has 3 aliphatic heterocycles. The number of rotatable bonds is 6. The number of alkyl halides is 1. The molecule has 6 heterocycles. The number of ether oxygens (including phenoxy) is 2. The number of nitrogens with one attached hydrogen (secondary N) is 1. The van der Waals surface area contributed by atoms with Crippen LogP contribution < -0.4 is 15.0 Å². The topological polar surface area (TPSA) is 118 Å². The zero-order valence-corrected chi connectivity index (χ0v) is 26.5. The Bertz CT molecular complexity index is 1860. The van der Waals surface area contributed by atoms with Crippen molar-refractivity contribution in [3.05, 3.63) is 30.0 Å². The maximum atomic E-state index is 16.6. The molecule has 1 unspecified atom stereocenters. The van der Waals surface area contributed by atoms with Gasteiger partial charge in [0.05, 0.1) is 34.2 Å². The summed E-state index contributed by atoms with van der Waals surface area (Å²) < 4.78 is 57.5. The summed E-state index contributed by atoms with van der Waals surface area (Å²) in [5.41, 5.74) is -0.961. The predicted molar refractivity (Wildman–Crippen MR) is 170 cm³/mol. The second kappa shape index (κ2) is 11.6. The van der Waals surface area contributed by atoms with E-state index >= 15 is 4.39 Å². The molecule has 15 heteroatoms. The zero-order chi connectivity index (χ0) is 32.2. The summed E-state index contributed by atoms with van der Waals surface area (Å²) in [5, 5.41) is 2.99. The van der Waals surface area contributed by atoms with Crippen LogP contribution in [-0.4, -0.2) is 93.8 Å². The lowest BCUT2D eigenvalue weighted by Crippen LogP contribution is -2.43. The third kappa shape index (κ3) is 5.70. The summed E-state index contributed by atoms with van der Waals surface area (Å²) in [4.78, 5) is 38.7. The number of amides is 1. The second-order valence-corrected chi connectivity index (χ2v) is 13.8. The van der Waals surface area contributed by atoms with Gasteiger partial charge in [0.15, 0.2) is 10.9 Å². The first-order valence-corrected chi connectivity index (χ1v) is 16.0. The van der Waals surface area contributed by atoms with E-state index in [0.29, 0.717) is 43.8 Å². The van der Waals surface area contributed by atoms with Crippen molar-refractivity contribution in [3.63, 3.8) is 0 Å². The van der Waals surface area contributed by atoms with Crippen molar-refractivity contribution < 1.29 is 27.4 Å². The molecule has 0 radical (unpaired) electrons. The minimum absolute atomic E-state index is 0.0219. The Hall–Kier alpha value is -4.11. The standard InChI is InChI=1S/C31H33F3N8O3S/c1-30(2,3)45-29(43)40-28-38-24-18(5-6-20(33)25(24)46-28)22-21(34)23-19(14-36-22)26(41-11-8-35-9-12-41)39-27(37-23)44-16-31-7-4-10-42(31)15-17(32)13-31/h5-6,8,14,17H,4,7,9-13,15-16H2,1-3H3,(H,38,40,43)/t17?,31-/m0/s1. The Morgan fingerprint density at radius 1 is 1.17 bits per heavy atom. The van der Waals surface area contributed by atoms with Crippen molar-refractivity contribution in [2.24, 2.45) is 4.99 Å². The van der Waals surface area contributed by atoms with Crippen molar-refractivity contribution in [1.82, 2.24) is 24.8 Å². The fraction of sp³-hybridized carbons (Fsp3) is 0.484. The van der Waals surface area contributed by atoms with Crippen molar-refractivity contribution in [2.45, 2.75) is 57.3 Å². The Labute approximate surface area is 266 Å². The summed E-state index contributed by atoms with van der Waals surface area (Å²) >= 11 is 0.902. The highest BCUT2D eigenvalue weighted by molar-refractivity contribution is 7.22. The van der Waals surface area contributed by atoms with Crippen LogP contribution in [0.25, 0.3) is 32.4 Å². The lowest BCUT2D eigenvalue weighted by Gasteiger charge is -2.31. The van der Waals surface area contributed by atoms with Gasteiger partial charge in [-0.3, -0.25) is 20.2 Å². The van der Waals surface area contributed by atoms with Gasteiger partial charge in [-0.2, -0.15) is 9.97 Å². The van der Waals surface area contributed by atoms with Crippen LogP contribution in [0.2, 0.25) is 0 Å². The van der Waals surface area contributed by atoms with E-state index in [1.807, 2.05) is 4.90 Å². The maximum absolute atomic E-state index is 16.6. The van der Waals surface area contributed by atoms with Crippen LogP contribution in [0, 0.1) is 11.6 Å². The van der Waals surface area contributed by atoms with E-state index in [4.69, 9.17) is 9.47 Å². The van der Waals surface area contributed by atoms with Gasteiger partial charge in [-0.1, -0.05) is 11.3 Å². The Balaban J connectivity index is 1.29. The summed E-state index contributed by atoms with van der Waals surface area (Å²) in [7, 11) is 0. The second-order valence-electron chi connectivity index (χ2n) is 12.8. The van der Waals surface area contributed by atoms with E-state index in [1.165, 1.54) is 18.3 Å². The van der Waals surface area contributed by atoms with E-state index in [1.54, 1.807) is 27.0 Å². The fourth-order valence-corrected chi connectivity index (χ4v) is 7.37. The lowest BCUT2D eigenvalue weighted by atomic mass is 9.95. The Kier molecular flexibility index (Phi) is 7.70. The average molecular weight is 655 g/mol. The molecule has 2 saturated heterocycles. The number of benzene rings is 1. The highest BCUT2D eigenvalue weighted by Crippen LogP contribution is 2.41. The van der Waals surface area contributed by atoms with E-state index in [-0.39, 0.29) is 44.7 Å². The Morgan fingerprint density at radius 2 is 2.02 bits per heavy atom. The van der Waals surface area contributed by atoms with Crippen molar-refractivity contribution in [2.75, 3.05) is 49.5 Å². The molecule has 2 fully saturated rings. The molecule has 2 atom stereocenters. The average Bonchev–Trinajstić information content (AvgIpc) is 3.68. The molecule has 0 saturated carbocycles. The summed E-state index contributed by atoms with van der Waals surface area (Å²) in [5.74, 6) is -0.893. The maximum Gasteiger partial charge on any atom is 0.413 e. The number of carbonyl (C=O) groups excluding carboxylic acids is 1. The molecule has 4 aromatic rings. The SMILES string of the molecule is CC(C)(C)OC(=O)Nc1nc2c(-c3ncc4c(N5CC=NCC5)nc(OC[C@@]56CCCN5CC(F)C6)nc4c3F)ccc(F)c2s1. The predicted octanol–water partition coefficient (Wildman–Crippen LogP) is 5.77. The first-order chi connectivity index (χ1) is 22.0. The van der Waals surface area contributed by atoms with Crippen LogP contribution in [0.1, 0.15) is 40.0 Å². The number of pyridine rings is 1. The summed E-state index contributed by atoms with van der Waals surface area (Å²) in [6.07, 6.45) is 3.72. The number of hydrogen-bond donors (Lipinski definition) is 1. The van der Waals surface area contributed by atoms with Gasteiger partial charge in [-0.15, -0.1) is 0 Å². The van der Waals surface area contributed by atoms with Gasteiger partial charge in [-0.05, 0) is 52.3 Å². The fourth-order valence-electron chi connectivity index (χ4n) is 6.48. The van der Waals surface area contributed by atoms with Crippen LogP contribution in [0.3, 0.4) is 0 Å². The number of fused-ring (bicyclic) bond motifs is 3. The van der Waals surface area contributed by atoms with Crippen molar-refractivity contribution >= 4 is 55.7 Å². The minimum Gasteiger partial charge on any atom is -0.461 e. The molecule has 1 N–H and O–H groups in total. The van der Waals surface area contributed by atoms with Crippen LogP contribution in [0.4, 0.5) is 28.9 Å². The molecule has 1 aromatic carbocycles. The first-order valence-electron chi connectivity index (χ1n) is 15.2. The Morgan fingerprint density at radius 3 is 2.80 bits per heavy atom. The largest absolute Gasteiger partial charge is 0.461 e. The van der Waals surface area contributed by atoms with E-state index < -0.39 is 35.0 Å². The zero-order valence-electron chi connectivity index (χ0n) is 25.6. The molecule has 0 aliphatic carbocycles.